The first-order valence-electron chi connectivity index (χ1n) is 5.69. The maximum atomic E-state index is 10.9. The van der Waals surface area contributed by atoms with Crippen molar-refractivity contribution in [1.29, 1.82) is 0 Å². The minimum absolute atomic E-state index is 0.0967. The van der Waals surface area contributed by atoms with Crippen LogP contribution in [-0.4, -0.2) is 11.2 Å². The van der Waals surface area contributed by atoms with Gasteiger partial charge in [-0.2, -0.15) is 0 Å². The SMILES string of the molecule is NC(=O)Oc1ccc(Cl)cc1Cc1cc(Cl)ccc1O. The highest BCUT2D eigenvalue weighted by atomic mass is 35.5. The molecule has 0 spiro atoms. The number of nitrogens with two attached hydrogens (primary N) is 1. The zero-order valence-corrected chi connectivity index (χ0v) is 11.8. The maximum Gasteiger partial charge on any atom is 0.409 e. The molecule has 0 aliphatic carbocycles. The summed E-state index contributed by atoms with van der Waals surface area (Å²) in [4.78, 5) is 10.9. The fourth-order valence-corrected chi connectivity index (χ4v) is 2.18. The number of rotatable bonds is 3. The lowest BCUT2D eigenvalue weighted by atomic mass is 10.0. The largest absolute Gasteiger partial charge is 0.508 e. The maximum absolute atomic E-state index is 10.9. The molecule has 0 saturated heterocycles. The predicted octanol–water partition coefficient (Wildman–Crippen LogP) is 3.75. The summed E-state index contributed by atoms with van der Waals surface area (Å²) in [6.45, 7) is 0. The van der Waals surface area contributed by atoms with E-state index < -0.39 is 6.09 Å². The number of carbonyl (C=O) groups is 1. The Morgan fingerprint density at radius 3 is 2.35 bits per heavy atom. The third kappa shape index (κ3) is 3.56. The number of ether oxygens (including phenoxy) is 1. The Morgan fingerprint density at radius 2 is 1.70 bits per heavy atom. The first-order valence-corrected chi connectivity index (χ1v) is 6.44. The van der Waals surface area contributed by atoms with Gasteiger partial charge in [0.2, 0.25) is 0 Å². The second-order valence-electron chi connectivity index (χ2n) is 4.12. The van der Waals surface area contributed by atoms with E-state index in [-0.39, 0.29) is 5.75 Å². The molecule has 0 radical (unpaired) electrons. The first-order chi connectivity index (χ1) is 9.45. The molecular weight excluding hydrogens is 301 g/mol. The van der Waals surface area contributed by atoms with Gasteiger partial charge >= 0.3 is 6.09 Å². The van der Waals surface area contributed by atoms with Crippen molar-refractivity contribution in [3.05, 3.63) is 57.6 Å². The van der Waals surface area contributed by atoms with Gasteiger partial charge in [0.1, 0.15) is 11.5 Å². The van der Waals surface area contributed by atoms with Gasteiger partial charge in [-0.1, -0.05) is 23.2 Å². The highest BCUT2D eigenvalue weighted by molar-refractivity contribution is 6.31. The van der Waals surface area contributed by atoms with Crippen LogP contribution in [0.3, 0.4) is 0 Å². The number of primary amides is 1. The van der Waals surface area contributed by atoms with Crippen molar-refractivity contribution in [2.24, 2.45) is 5.73 Å². The van der Waals surface area contributed by atoms with Crippen LogP contribution in [0, 0.1) is 0 Å². The summed E-state index contributed by atoms with van der Waals surface area (Å²) in [6, 6.07) is 9.48. The number of phenols is 1. The highest BCUT2D eigenvalue weighted by Gasteiger charge is 2.11. The van der Waals surface area contributed by atoms with Crippen LogP contribution in [-0.2, 0) is 6.42 Å². The van der Waals surface area contributed by atoms with E-state index in [1.165, 1.54) is 6.07 Å². The van der Waals surface area contributed by atoms with Crippen molar-refractivity contribution < 1.29 is 14.6 Å². The van der Waals surface area contributed by atoms with Crippen LogP contribution in [0.15, 0.2) is 36.4 Å². The van der Waals surface area contributed by atoms with Gasteiger partial charge in [-0.3, -0.25) is 0 Å². The summed E-state index contributed by atoms with van der Waals surface area (Å²) in [5, 5.41) is 10.8. The quantitative estimate of drug-likeness (QED) is 0.906. The summed E-state index contributed by atoms with van der Waals surface area (Å²) in [5.41, 5.74) is 6.23. The standard InChI is InChI=1S/C14H11Cl2NO3/c15-10-1-3-12(18)8(6-10)5-9-7-11(16)2-4-13(9)20-14(17)19/h1-4,6-7,18H,5H2,(H2,17,19). The molecule has 2 aromatic carbocycles. The molecule has 4 nitrogen and oxygen atoms in total. The summed E-state index contributed by atoms with van der Waals surface area (Å²) >= 11 is 11.8. The molecule has 0 fully saturated rings. The fourth-order valence-electron chi connectivity index (χ4n) is 1.79. The number of hydrogen-bond acceptors (Lipinski definition) is 3. The van der Waals surface area contributed by atoms with Gasteiger partial charge < -0.3 is 15.6 Å². The molecule has 6 heteroatoms. The lowest BCUT2D eigenvalue weighted by Gasteiger charge is -2.10. The molecule has 0 aliphatic rings. The van der Waals surface area contributed by atoms with Gasteiger partial charge in [-0.25, -0.2) is 4.79 Å². The molecule has 0 heterocycles. The molecule has 0 atom stereocenters. The molecule has 0 saturated carbocycles. The average Bonchev–Trinajstić information content (AvgIpc) is 2.37. The molecule has 0 unspecified atom stereocenters. The molecule has 1 amide bonds. The summed E-state index contributed by atoms with van der Waals surface area (Å²) in [6.07, 6.45) is -0.612. The molecule has 2 rings (SSSR count). The smallest absolute Gasteiger partial charge is 0.409 e. The van der Waals surface area contributed by atoms with Gasteiger partial charge in [0.05, 0.1) is 0 Å². The molecule has 0 bridgehead atoms. The zero-order valence-electron chi connectivity index (χ0n) is 10.3. The number of hydrogen-bond donors (Lipinski definition) is 2. The number of amides is 1. The van der Waals surface area contributed by atoms with E-state index in [1.54, 1.807) is 30.3 Å². The lowest BCUT2D eigenvalue weighted by Crippen LogP contribution is -2.17. The summed E-state index contributed by atoms with van der Waals surface area (Å²) in [5.74, 6) is 0.390. The fraction of sp³-hybridized carbons (Fsp3) is 0.0714. The van der Waals surface area contributed by atoms with E-state index in [2.05, 4.69) is 0 Å². The Labute approximate surface area is 125 Å². The third-order valence-corrected chi connectivity index (χ3v) is 3.13. The molecule has 20 heavy (non-hydrogen) atoms. The molecule has 0 aliphatic heterocycles. The van der Waals surface area contributed by atoms with Crippen molar-refractivity contribution in [2.45, 2.75) is 6.42 Å². The van der Waals surface area contributed by atoms with Gasteiger partial charge in [-0.05, 0) is 42.0 Å². The zero-order chi connectivity index (χ0) is 14.7. The van der Waals surface area contributed by atoms with Crippen molar-refractivity contribution in [3.8, 4) is 11.5 Å². The van der Waals surface area contributed by atoms with Crippen LogP contribution < -0.4 is 10.5 Å². The third-order valence-electron chi connectivity index (χ3n) is 2.66. The minimum Gasteiger partial charge on any atom is -0.508 e. The number of carbonyl (C=O) groups excluding carboxylic acids is 1. The topological polar surface area (TPSA) is 72.6 Å². The van der Waals surface area contributed by atoms with Crippen LogP contribution in [0.25, 0.3) is 0 Å². The Bertz CT molecular complexity index is 659. The van der Waals surface area contributed by atoms with Gasteiger partial charge in [0, 0.05) is 22.0 Å². The summed E-state index contributed by atoms with van der Waals surface area (Å²) in [7, 11) is 0. The van der Waals surface area contributed by atoms with Crippen LogP contribution in [0.2, 0.25) is 10.0 Å². The second kappa shape index (κ2) is 6.03. The number of halogens is 2. The van der Waals surface area contributed by atoms with Crippen LogP contribution in [0.1, 0.15) is 11.1 Å². The summed E-state index contributed by atoms with van der Waals surface area (Å²) < 4.78 is 4.91. The van der Waals surface area contributed by atoms with Crippen molar-refractivity contribution in [2.75, 3.05) is 0 Å². The van der Waals surface area contributed by atoms with E-state index in [0.717, 1.165) is 0 Å². The minimum atomic E-state index is -0.913. The van der Waals surface area contributed by atoms with Crippen molar-refractivity contribution >= 4 is 29.3 Å². The van der Waals surface area contributed by atoms with Crippen molar-refractivity contribution in [1.82, 2.24) is 0 Å². The molecule has 104 valence electrons. The molecule has 3 N–H and O–H groups in total. The highest BCUT2D eigenvalue weighted by Crippen LogP contribution is 2.29. The molecule has 2 aromatic rings. The van der Waals surface area contributed by atoms with E-state index in [9.17, 15) is 9.90 Å². The Morgan fingerprint density at radius 1 is 1.10 bits per heavy atom. The lowest BCUT2D eigenvalue weighted by molar-refractivity contribution is 0.210. The first kappa shape index (κ1) is 14.5. The van der Waals surface area contributed by atoms with Gasteiger partial charge in [0.25, 0.3) is 0 Å². The van der Waals surface area contributed by atoms with E-state index in [0.29, 0.717) is 33.3 Å². The Hall–Kier alpha value is -1.91. The van der Waals surface area contributed by atoms with Gasteiger partial charge in [-0.15, -0.1) is 0 Å². The van der Waals surface area contributed by atoms with E-state index >= 15 is 0 Å². The molecular formula is C14H11Cl2NO3. The number of phenolic OH excluding ortho intramolecular Hbond substituents is 1. The number of aromatic hydroxyl groups is 1. The van der Waals surface area contributed by atoms with Crippen LogP contribution >= 0.6 is 23.2 Å². The Kier molecular flexibility index (Phi) is 4.37. The van der Waals surface area contributed by atoms with Crippen molar-refractivity contribution in [3.63, 3.8) is 0 Å². The normalized spacial score (nSPS) is 10.3. The van der Waals surface area contributed by atoms with Gasteiger partial charge in [0.15, 0.2) is 0 Å². The number of benzene rings is 2. The monoisotopic (exact) mass is 311 g/mol. The molecule has 0 aromatic heterocycles. The van der Waals surface area contributed by atoms with E-state index in [1.807, 2.05) is 0 Å². The Balaban J connectivity index is 2.38. The predicted molar refractivity (Wildman–Crippen MR) is 77.6 cm³/mol. The van der Waals surface area contributed by atoms with Crippen LogP contribution in [0.4, 0.5) is 4.79 Å². The van der Waals surface area contributed by atoms with E-state index in [4.69, 9.17) is 33.7 Å². The average molecular weight is 312 g/mol. The second-order valence-corrected chi connectivity index (χ2v) is 5.00. The van der Waals surface area contributed by atoms with Crippen LogP contribution in [0.5, 0.6) is 11.5 Å².